The first kappa shape index (κ1) is 14.6. The summed E-state index contributed by atoms with van der Waals surface area (Å²) < 4.78 is 16.2. The van der Waals surface area contributed by atoms with Gasteiger partial charge in [0.05, 0.1) is 21.3 Å². The largest absolute Gasteiger partial charge is 0.496 e. The predicted molar refractivity (Wildman–Crippen MR) is 72.8 cm³/mol. The van der Waals surface area contributed by atoms with Crippen LogP contribution in [0.15, 0.2) is 12.1 Å². The van der Waals surface area contributed by atoms with Crippen LogP contribution in [0.3, 0.4) is 0 Å². The number of nitrogens with two attached hydrogens (primary N) is 1. The van der Waals surface area contributed by atoms with Gasteiger partial charge in [-0.1, -0.05) is 13.8 Å². The summed E-state index contributed by atoms with van der Waals surface area (Å²) in [6.45, 7) is 4.88. The standard InChI is InChI=1S/C14H23NO3/c1-14(2,6-7-15)13-11(17-4)8-10(16-3)9-12(13)18-5/h8-9H,6-7,15H2,1-5H3. The Bertz CT molecular complexity index is 377. The molecule has 0 heterocycles. The molecule has 0 saturated carbocycles. The first-order chi connectivity index (χ1) is 8.50. The Morgan fingerprint density at radius 2 is 1.50 bits per heavy atom. The maximum absolute atomic E-state index is 5.68. The minimum Gasteiger partial charge on any atom is -0.496 e. The molecule has 4 heteroatoms. The second-order valence-electron chi connectivity index (χ2n) is 4.83. The van der Waals surface area contributed by atoms with Gasteiger partial charge in [0, 0.05) is 17.7 Å². The fraction of sp³-hybridized carbons (Fsp3) is 0.571. The molecule has 2 N–H and O–H groups in total. The lowest BCUT2D eigenvalue weighted by molar-refractivity contribution is 0.346. The average molecular weight is 253 g/mol. The van der Waals surface area contributed by atoms with Gasteiger partial charge < -0.3 is 19.9 Å². The Kier molecular flexibility index (Phi) is 4.84. The summed E-state index contributed by atoms with van der Waals surface area (Å²) in [6.07, 6.45) is 0.853. The molecule has 0 saturated heterocycles. The number of methoxy groups -OCH3 is 3. The molecule has 0 bridgehead atoms. The summed E-state index contributed by atoms with van der Waals surface area (Å²) in [5, 5.41) is 0. The zero-order valence-corrected chi connectivity index (χ0v) is 11.9. The summed E-state index contributed by atoms with van der Waals surface area (Å²) in [6, 6.07) is 3.74. The van der Waals surface area contributed by atoms with Gasteiger partial charge in [-0.15, -0.1) is 0 Å². The number of hydrogen-bond donors (Lipinski definition) is 1. The highest BCUT2D eigenvalue weighted by Crippen LogP contribution is 2.43. The van der Waals surface area contributed by atoms with E-state index in [1.807, 2.05) is 12.1 Å². The van der Waals surface area contributed by atoms with E-state index >= 15 is 0 Å². The molecule has 0 amide bonds. The Morgan fingerprint density at radius 3 is 1.83 bits per heavy atom. The van der Waals surface area contributed by atoms with Crippen LogP contribution in [0, 0.1) is 0 Å². The molecule has 102 valence electrons. The predicted octanol–water partition coefficient (Wildman–Crippen LogP) is 2.34. The van der Waals surface area contributed by atoms with Crippen molar-refractivity contribution in [3.63, 3.8) is 0 Å². The van der Waals surface area contributed by atoms with E-state index in [0.717, 1.165) is 29.2 Å². The van der Waals surface area contributed by atoms with Crippen molar-refractivity contribution >= 4 is 0 Å². The molecular formula is C14H23NO3. The smallest absolute Gasteiger partial charge is 0.130 e. The van der Waals surface area contributed by atoms with Crippen molar-refractivity contribution in [2.75, 3.05) is 27.9 Å². The molecule has 1 aromatic carbocycles. The summed E-state index contributed by atoms with van der Waals surface area (Å²) in [7, 11) is 4.92. The molecule has 0 aliphatic rings. The van der Waals surface area contributed by atoms with E-state index in [2.05, 4.69) is 13.8 Å². The molecule has 18 heavy (non-hydrogen) atoms. The number of hydrogen-bond acceptors (Lipinski definition) is 4. The number of rotatable bonds is 6. The van der Waals surface area contributed by atoms with E-state index in [1.165, 1.54) is 0 Å². The highest BCUT2D eigenvalue weighted by atomic mass is 16.5. The third-order valence-corrected chi connectivity index (χ3v) is 3.16. The van der Waals surface area contributed by atoms with Crippen LogP contribution in [0.1, 0.15) is 25.8 Å². The van der Waals surface area contributed by atoms with E-state index < -0.39 is 0 Å². The number of benzene rings is 1. The van der Waals surface area contributed by atoms with Gasteiger partial charge in [0.15, 0.2) is 0 Å². The highest BCUT2D eigenvalue weighted by molar-refractivity contribution is 5.54. The van der Waals surface area contributed by atoms with Gasteiger partial charge in [-0.05, 0) is 18.4 Å². The zero-order chi connectivity index (χ0) is 13.8. The van der Waals surface area contributed by atoms with Crippen LogP contribution in [0.2, 0.25) is 0 Å². The molecule has 4 nitrogen and oxygen atoms in total. The van der Waals surface area contributed by atoms with Crippen LogP contribution in [0.5, 0.6) is 17.2 Å². The zero-order valence-electron chi connectivity index (χ0n) is 11.9. The topological polar surface area (TPSA) is 53.7 Å². The average Bonchev–Trinajstić information content (AvgIpc) is 2.36. The van der Waals surface area contributed by atoms with Crippen molar-refractivity contribution in [1.29, 1.82) is 0 Å². The summed E-state index contributed by atoms with van der Waals surface area (Å²) >= 11 is 0. The van der Waals surface area contributed by atoms with Crippen molar-refractivity contribution in [2.24, 2.45) is 5.73 Å². The lowest BCUT2D eigenvalue weighted by atomic mass is 9.80. The van der Waals surface area contributed by atoms with Gasteiger partial charge >= 0.3 is 0 Å². The van der Waals surface area contributed by atoms with Crippen LogP contribution >= 0.6 is 0 Å². The maximum Gasteiger partial charge on any atom is 0.130 e. The molecule has 0 unspecified atom stereocenters. The summed E-state index contributed by atoms with van der Waals surface area (Å²) in [4.78, 5) is 0. The van der Waals surface area contributed by atoms with Crippen molar-refractivity contribution < 1.29 is 14.2 Å². The van der Waals surface area contributed by atoms with Gasteiger partial charge in [0.2, 0.25) is 0 Å². The monoisotopic (exact) mass is 253 g/mol. The highest BCUT2D eigenvalue weighted by Gasteiger charge is 2.28. The molecule has 0 spiro atoms. The molecule has 1 aromatic rings. The Morgan fingerprint density at radius 1 is 1.00 bits per heavy atom. The quantitative estimate of drug-likeness (QED) is 0.845. The van der Waals surface area contributed by atoms with Crippen LogP contribution < -0.4 is 19.9 Å². The van der Waals surface area contributed by atoms with E-state index in [4.69, 9.17) is 19.9 Å². The van der Waals surface area contributed by atoms with E-state index in [-0.39, 0.29) is 5.41 Å². The molecule has 0 atom stereocenters. The van der Waals surface area contributed by atoms with Crippen LogP contribution in [0.25, 0.3) is 0 Å². The van der Waals surface area contributed by atoms with Gasteiger partial charge in [0.25, 0.3) is 0 Å². The summed E-state index contributed by atoms with van der Waals surface area (Å²) in [5.74, 6) is 2.25. The lowest BCUT2D eigenvalue weighted by Crippen LogP contribution is -2.23. The van der Waals surface area contributed by atoms with E-state index in [9.17, 15) is 0 Å². The summed E-state index contributed by atoms with van der Waals surface area (Å²) in [5.41, 5.74) is 6.60. The van der Waals surface area contributed by atoms with Gasteiger partial charge in [-0.25, -0.2) is 0 Å². The maximum atomic E-state index is 5.68. The van der Waals surface area contributed by atoms with Gasteiger partial charge in [-0.2, -0.15) is 0 Å². The normalized spacial score (nSPS) is 11.2. The second-order valence-corrected chi connectivity index (χ2v) is 4.83. The fourth-order valence-electron chi connectivity index (χ4n) is 2.16. The number of ether oxygens (including phenoxy) is 3. The molecule has 0 fully saturated rings. The lowest BCUT2D eigenvalue weighted by Gasteiger charge is -2.28. The van der Waals surface area contributed by atoms with Gasteiger partial charge in [0.1, 0.15) is 17.2 Å². The molecule has 0 aliphatic heterocycles. The van der Waals surface area contributed by atoms with Crippen molar-refractivity contribution in [2.45, 2.75) is 25.7 Å². The molecule has 1 rings (SSSR count). The Labute approximate surface area is 109 Å². The van der Waals surface area contributed by atoms with Crippen molar-refractivity contribution in [3.05, 3.63) is 17.7 Å². The SMILES string of the molecule is COc1cc(OC)c(C(C)(C)CCN)c(OC)c1. The first-order valence-electron chi connectivity index (χ1n) is 6.00. The molecule has 0 radical (unpaired) electrons. The van der Waals surface area contributed by atoms with Gasteiger partial charge in [-0.3, -0.25) is 0 Å². The molecule has 0 aromatic heterocycles. The third kappa shape index (κ3) is 2.88. The second kappa shape index (κ2) is 5.96. The van der Waals surface area contributed by atoms with Crippen molar-refractivity contribution in [3.8, 4) is 17.2 Å². The Balaban J connectivity index is 3.39. The molecular weight excluding hydrogens is 230 g/mol. The molecule has 0 aliphatic carbocycles. The Hall–Kier alpha value is -1.42. The third-order valence-electron chi connectivity index (χ3n) is 3.16. The van der Waals surface area contributed by atoms with Crippen LogP contribution in [0.4, 0.5) is 0 Å². The fourth-order valence-corrected chi connectivity index (χ4v) is 2.16. The van der Waals surface area contributed by atoms with E-state index in [0.29, 0.717) is 6.54 Å². The van der Waals surface area contributed by atoms with Crippen molar-refractivity contribution in [1.82, 2.24) is 0 Å². The van der Waals surface area contributed by atoms with Crippen LogP contribution in [-0.2, 0) is 5.41 Å². The van der Waals surface area contributed by atoms with Crippen LogP contribution in [-0.4, -0.2) is 27.9 Å². The minimum atomic E-state index is -0.113. The minimum absolute atomic E-state index is 0.113. The van der Waals surface area contributed by atoms with E-state index in [1.54, 1.807) is 21.3 Å². The first-order valence-corrected chi connectivity index (χ1v) is 6.00.